The molecule has 1 fully saturated rings. The molecule has 0 aliphatic carbocycles. The summed E-state index contributed by atoms with van der Waals surface area (Å²) in [4.78, 5) is 52.9. The Morgan fingerprint density at radius 1 is 0.667 bits per heavy atom. The second kappa shape index (κ2) is 15.1. The first kappa shape index (κ1) is 31.4. The number of nitrogens with one attached hydrogen (secondary N) is 4. The molecule has 0 aromatic heterocycles. The molecule has 4 aromatic carbocycles. The fraction of sp³-hybridized carbons (Fsp3) is 0.257. The topological polar surface area (TPSA) is 155 Å². The quantitative estimate of drug-likeness (QED) is 0.109. The van der Waals surface area contributed by atoms with Gasteiger partial charge in [-0.1, -0.05) is 84.9 Å². The minimum Gasteiger partial charge on any atom is -0.349 e. The largest absolute Gasteiger partial charge is 0.349 e. The van der Waals surface area contributed by atoms with Gasteiger partial charge in [0.25, 0.3) is 11.8 Å². The lowest BCUT2D eigenvalue weighted by molar-refractivity contribution is -0.128. The monoisotopic (exact) mass is 607 g/mol. The molecular weight excluding hydrogens is 570 g/mol. The van der Waals surface area contributed by atoms with Gasteiger partial charge in [-0.15, -0.1) is 0 Å². The van der Waals surface area contributed by atoms with Crippen LogP contribution in [0.15, 0.2) is 103 Å². The van der Waals surface area contributed by atoms with Gasteiger partial charge < -0.3 is 31.7 Å². The Kier molecular flexibility index (Phi) is 10.5. The number of amides is 4. The minimum absolute atomic E-state index is 0.242. The van der Waals surface area contributed by atoms with Gasteiger partial charge in [0.05, 0.1) is 0 Å². The van der Waals surface area contributed by atoms with Crippen molar-refractivity contribution in [2.75, 3.05) is 17.2 Å². The van der Waals surface area contributed by atoms with Crippen LogP contribution in [0, 0.1) is 0 Å². The molecule has 1 heterocycles. The lowest BCUT2D eigenvalue weighted by Gasteiger charge is -2.19. The Morgan fingerprint density at radius 3 is 1.98 bits per heavy atom. The molecule has 10 nitrogen and oxygen atoms in total. The van der Waals surface area contributed by atoms with Gasteiger partial charge in [-0.25, -0.2) is 0 Å². The summed E-state index contributed by atoms with van der Waals surface area (Å²) in [6.07, 6.45) is -0.251. The molecule has 0 bridgehead atoms. The van der Waals surface area contributed by atoms with Crippen molar-refractivity contribution in [2.24, 2.45) is 5.73 Å². The third kappa shape index (κ3) is 8.53. The van der Waals surface area contributed by atoms with Gasteiger partial charge in [0.2, 0.25) is 11.8 Å². The number of anilines is 2. The van der Waals surface area contributed by atoms with Crippen LogP contribution in [-0.2, 0) is 30.3 Å². The molecule has 0 spiro atoms. The first-order valence-corrected chi connectivity index (χ1v) is 15.1. The van der Waals surface area contributed by atoms with Crippen LogP contribution in [0.5, 0.6) is 0 Å². The van der Waals surface area contributed by atoms with E-state index < -0.39 is 42.0 Å². The predicted octanol–water partition coefficient (Wildman–Crippen LogP) is 3.53. The maximum atomic E-state index is 13.4. The molecule has 5 rings (SSSR count). The molecule has 4 aromatic rings. The third-order valence-corrected chi connectivity index (χ3v) is 7.59. The van der Waals surface area contributed by atoms with Gasteiger partial charge in [0.15, 0.2) is 12.2 Å². The number of unbranched alkanes of at least 4 members (excludes halogenated alkanes) is 1. The van der Waals surface area contributed by atoms with Gasteiger partial charge >= 0.3 is 0 Å². The van der Waals surface area contributed by atoms with Crippen molar-refractivity contribution in [1.82, 2.24) is 10.6 Å². The highest BCUT2D eigenvalue weighted by molar-refractivity contribution is 6.06. The molecule has 0 radical (unpaired) electrons. The van der Waals surface area contributed by atoms with Crippen LogP contribution in [0.1, 0.15) is 24.8 Å². The summed E-state index contributed by atoms with van der Waals surface area (Å²) < 4.78 is 5.46. The van der Waals surface area contributed by atoms with Gasteiger partial charge in [-0.05, 0) is 55.0 Å². The molecule has 6 N–H and O–H groups in total. The van der Waals surface area contributed by atoms with Crippen molar-refractivity contribution >= 4 is 45.8 Å². The number of benzene rings is 4. The number of hydrogen-bond acceptors (Lipinski definition) is 6. The average Bonchev–Trinajstić information content (AvgIpc) is 3.87. The Morgan fingerprint density at radius 2 is 1.27 bits per heavy atom. The van der Waals surface area contributed by atoms with E-state index in [1.165, 1.54) is 0 Å². The third-order valence-electron chi connectivity index (χ3n) is 7.59. The molecule has 4 amide bonds. The molecule has 232 valence electrons. The zero-order chi connectivity index (χ0) is 31.6. The summed E-state index contributed by atoms with van der Waals surface area (Å²) in [5.74, 6) is -1.93. The maximum Gasteiger partial charge on any atom is 0.253 e. The zero-order valence-electron chi connectivity index (χ0n) is 24.8. The predicted molar refractivity (Wildman–Crippen MR) is 173 cm³/mol. The second-order valence-electron chi connectivity index (χ2n) is 10.9. The van der Waals surface area contributed by atoms with E-state index in [2.05, 4.69) is 21.3 Å². The van der Waals surface area contributed by atoms with E-state index in [1.54, 1.807) is 24.3 Å². The van der Waals surface area contributed by atoms with Crippen molar-refractivity contribution in [1.29, 1.82) is 0 Å². The normalized spacial score (nSPS) is 16.6. The number of hydrogen-bond donors (Lipinski definition) is 5. The highest BCUT2D eigenvalue weighted by Crippen LogP contribution is 2.25. The van der Waals surface area contributed by atoms with Crippen molar-refractivity contribution in [3.8, 4) is 0 Å². The number of epoxide rings is 1. The van der Waals surface area contributed by atoms with Crippen LogP contribution in [-0.4, -0.2) is 54.5 Å². The fourth-order valence-corrected chi connectivity index (χ4v) is 5.14. The number of nitrogens with two attached hydrogens (primary N) is 1. The molecular formula is C35H37N5O5. The van der Waals surface area contributed by atoms with Crippen LogP contribution in [0.4, 0.5) is 11.4 Å². The highest BCUT2D eigenvalue weighted by atomic mass is 16.6. The zero-order valence-corrected chi connectivity index (χ0v) is 24.8. The van der Waals surface area contributed by atoms with Gasteiger partial charge in [-0.3, -0.25) is 19.2 Å². The molecule has 10 heteroatoms. The summed E-state index contributed by atoms with van der Waals surface area (Å²) in [5.41, 5.74) is 7.74. The number of para-hydroxylation sites is 1. The van der Waals surface area contributed by atoms with Crippen LogP contribution in [0.2, 0.25) is 0 Å². The van der Waals surface area contributed by atoms with E-state index in [4.69, 9.17) is 10.5 Å². The summed E-state index contributed by atoms with van der Waals surface area (Å²) in [6, 6.07) is 29.8. The van der Waals surface area contributed by atoms with Crippen molar-refractivity contribution in [2.45, 2.75) is 50.0 Å². The molecule has 1 aliphatic rings. The second-order valence-corrected chi connectivity index (χ2v) is 10.9. The maximum absolute atomic E-state index is 13.4. The average molecular weight is 608 g/mol. The molecule has 45 heavy (non-hydrogen) atoms. The van der Waals surface area contributed by atoms with E-state index in [0.29, 0.717) is 37.2 Å². The van der Waals surface area contributed by atoms with E-state index in [0.717, 1.165) is 16.3 Å². The Bertz CT molecular complexity index is 1630. The van der Waals surface area contributed by atoms with E-state index in [1.807, 2.05) is 78.9 Å². The Hall–Kier alpha value is -5.06. The summed E-state index contributed by atoms with van der Waals surface area (Å²) in [7, 11) is 0. The van der Waals surface area contributed by atoms with E-state index in [-0.39, 0.29) is 12.3 Å². The SMILES string of the molecule is NCCCC[C@H](NC(=O)C1OC1C(=O)N[C@@H](Cc1ccccc1)C(=O)Nc1ccccc1)C(=O)Nc1cccc2ccccc12. The van der Waals surface area contributed by atoms with Crippen molar-refractivity contribution < 1.29 is 23.9 Å². The molecule has 4 atom stereocenters. The first-order valence-electron chi connectivity index (χ1n) is 15.1. The summed E-state index contributed by atoms with van der Waals surface area (Å²) in [6.45, 7) is 0.460. The van der Waals surface area contributed by atoms with E-state index in [9.17, 15) is 19.2 Å². The van der Waals surface area contributed by atoms with Crippen LogP contribution in [0.3, 0.4) is 0 Å². The van der Waals surface area contributed by atoms with Gasteiger partial charge in [-0.2, -0.15) is 0 Å². The number of fused-ring (bicyclic) bond motifs is 1. The van der Waals surface area contributed by atoms with Crippen LogP contribution >= 0.6 is 0 Å². The Balaban J connectivity index is 1.22. The fourth-order valence-electron chi connectivity index (χ4n) is 5.14. The van der Waals surface area contributed by atoms with Crippen LogP contribution < -0.4 is 27.0 Å². The smallest absolute Gasteiger partial charge is 0.253 e. The minimum atomic E-state index is -1.08. The number of carbonyl (C=O) groups is 4. The van der Waals surface area contributed by atoms with Crippen molar-refractivity contribution in [3.63, 3.8) is 0 Å². The summed E-state index contributed by atoms with van der Waals surface area (Å²) in [5, 5.41) is 13.1. The van der Waals surface area contributed by atoms with Gasteiger partial charge in [0, 0.05) is 23.2 Å². The van der Waals surface area contributed by atoms with Gasteiger partial charge in [0.1, 0.15) is 12.1 Å². The molecule has 2 unspecified atom stereocenters. The molecule has 1 aliphatic heterocycles. The first-order chi connectivity index (χ1) is 21.9. The molecule has 1 saturated heterocycles. The number of carbonyl (C=O) groups excluding carboxylic acids is 4. The number of rotatable bonds is 14. The molecule has 0 saturated carbocycles. The van der Waals surface area contributed by atoms with Crippen LogP contribution in [0.25, 0.3) is 10.8 Å². The standard InChI is InChI=1S/C35H37N5O5/c36-21-10-9-19-28(32(41)38-27-20-11-15-24-14-7-8-18-26(24)27)39-34(43)30-31(45-30)35(44)40-29(22-23-12-3-1-4-13-23)33(42)37-25-16-5-2-6-17-25/h1-8,11-18,20,28-31H,9-10,19,21-22,36H2,(H,37,42)(H,38,41)(H,39,43)(H,40,44)/t28-,29-,30?,31?/m0/s1. The summed E-state index contributed by atoms with van der Waals surface area (Å²) >= 11 is 0. The lowest BCUT2D eigenvalue weighted by atomic mass is 10.0. The van der Waals surface area contributed by atoms with Crippen molar-refractivity contribution in [3.05, 3.63) is 109 Å². The van der Waals surface area contributed by atoms with E-state index >= 15 is 0 Å². The number of ether oxygens (including phenoxy) is 1. The Labute approximate surface area is 261 Å². The lowest BCUT2D eigenvalue weighted by Crippen LogP contribution is -2.49. The highest BCUT2D eigenvalue weighted by Gasteiger charge is 2.51.